The molecule has 0 fully saturated rings. The van der Waals surface area contributed by atoms with Gasteiger partial charge in [-0.3, -0.25) is 0 Å². The molecule has 8 heavy (non-hydrogen) atoms. The molecule has 2 heteroatoms. The van der Waals surface area contributed by atoms with Crippen molar-refractivity contribution in [3.8, 4) is 0 Å². The molecule has 0 aliphatic carbocycles. The quantitative estimate of drug-likeness (QED) is 0.604. The first-order chi connectivity index (χ1) is 3.30. The summed E-state index contributed by atoms with van der Waals surface area (Å²) in [6.07, 6.45) is 0. The van der Waals surface area contributed by atoms with Crippen LogP contribution in [0.1, 0.15) is 10.4 Å². The number of rotatable bonds is 0. The Morgan fingerprint density at radius 2 is 2.00 bits per heavy atom. The molecule has 0 aliphatic rings. The summed E-state index contributed by atoms with van der Waals surface area (Å²) in [5, 5.41) is 2.12. The van der Waals surface area contributed by atoms with Crippen molar-refractivity contribution in [1.29, 1.82) is 0 Å². The molecule has 0 amide bonds. The molecule has 0 aromatic carbocycles. The molecule has 0 bridgehead atoms. The summed E-state index contributed by atoms with van der Waals surface area (Å²) in [4.78, 5) is 1.43. The van der Waals surface area contributed by atoms with Crippen LogP contribution in [0.25, 0.3) is 0 Å². The van der Waals surface area contributed by atoms with Crippen molar-refractivity contribution < 1.29 is 32.7 Å². The Hall–Kier alpha value is 0.804. The van der Waals surface area contributed by atoms with Crippen LogP contribution in [0.3, 0.4) is 0 Å². The van der Waals surface area contributed by atoms with Crippen molar-refractivity contribution in [1.82, 2.24) is 0 Å². The van der Waals surface area contributed by atoms with E-state index in [1.165, 1.54) is 10.4 Å². The Morgan fingerprint density at radius 3 is 2.12 bits per heavy atom. The molecule has 0 nitrogen and oxygen atoms in total. The summed E-state index contributed by atoms with van der Waals surface area (Å²) in [5.41, 5.74) is 1.41. The third-order valence-electron chi connectivity index (χ3n) is 1.12. The van der Waals surface area contributed by atoms with Gasteiger partial charge in [0.25, 0.3) is 0 Å². The van der Waals surface area contributed by atoms with Crippen molar-refractivity contribution in [2.75, 3.05) is 0 Å². The van der Waals surface area contributed by atoms with Gasteiger partial charge in [-0.15, -0.1) is 11.3 Å². The Balaban J connectivity index is 0.000000490. The standard InChI is InChI=1S/C6H8S.Y/c1-5-3-4-7-6(5)2;/h3-4H,1-2H3;. The van der Waals surface area contributed by atoms with Crippen LogP contribution < -0.4 is 0 Å². The van der Waals surface area contributed by atoms with Crippen molar-refractivity contribution in [2.45, 2.75) is 13.8 Å². The Morgan fingerprint density at radius 1 is 1.38 bits per heavy atom. The van der Waals surface area contributed by atoms with E-state index < -0.39 is 0 Å². The maximum Gasteiger partial charge on any atom is 0.00433 e. The van der Waals surface area contributed by atoms with Gasteiger partial charge in [-0.25, -0.2) is 0 Å². The second-order valence-electron chi connectivity index (χ2n) is 1.66. The number of aryl methyl sites for hydroxylation is 2. The van der Waals surface area contributed by atoms with Gasteiger partial charge in [-0.2, -0.15) is 0 Å². The molecule has 1 heterocycles. The Labute approximate surface area is 79.2 Å². The normalized spacial score (nSPS) is 8.25. The average Bonchev–Trinajstić information content (AvgIpc) is 1.91. The van der Waals surface area contributed by atoms with Gasteiger partial charge in [0.15, 0.2) is 0 Å². The fourth-order valence-corrected chi connectivity index (χ4v) is 1.18. The molecule has 0 atom stereocenters. The fourth-order valence-electron chi connectivity index (χ4n) is 0.448. The molecule has 0 aliphatic heterocycles. The molecule has 1 aromatic heterocycles. The van der Waals surface area contributed by atoms with Crippen molar-refractivity contribution in [3.05, 3.63) is 21.9 Å². The monoisotopic (exact) mass is 201 g/mol. The second kappa shape index (κ2) is 3.76. The van der Waals surface area contributed by atoms with Crippen LogP contribution in [0, 0.1) is 13.8 Å². The largest absolute Gasteiger partial charge is 0.149 e. The van der Waals surface area contributed by atoms with Gasteiger partial charge in [0.1, 0.15) is 0 Å². The van der Waals surface area contributed by atoms with E-state index in [0.717, 1.165) is 0 Å². The number of thiophene rings is 1. The second-order valence-corrected chi connectivity index (χ2v) is 2.78. The van der Waals surface area contributed by atoms with Crippen LogP contribution in [0.15, 0.2) is 11.4 Å². The molecule has 1 rings (SSSR count). The third-order valence-corrected chi connectivity index (χ3v) is 2.07. The van der Waals surface area contributed by atoms with Crippen LogP contribution in [0.5, 0.6) is 0 Å². The zero-order valence-corrected chi connectivity index (χ0v) is 8.80. The minimum Gasteiger partial charge on any atom is -0.149 e. The predicted octanol–water partition coefficient (Wildman–Crippen LogP) is 2.36. The third kappa shape index (κ3) is 1.96. The molecule has 0 saturated carbocycles. The summed E-state index contributed by atoms with van der Waals surface area (Å²) >= 11 is 1.80. The van der Waals surface area contributed by atoms with Crippen LogP contribution in [0.2, 0.25) is 0 Å². The Bertz CT molecular complexity index is 141. The molecular formula is C6H8SY. The molecule has 0 N–H and O–H groups in total. The molecule has 0 unspecified atom stereocenters. The van der Waals surface area contributed by atoms with Gasteiger partial charge in [0, 0.05) is 37.6 Å². The van der Waals surface area contributed by atoms with E-state index in [2.05, 4.69) is 25.3 Å². The topological polar surface area (TPSA) is 0 Å². The first-order valence-electron chi connectivity index (χ1n) is 2.31. The van der Waals surface area contributed by atoms with Gasteiger partial charge in [0.2, 0.25) is 0 Å². The van der Waals surface area contributed by atoms with E-state index in [1.807, 2.05) is 0 Å². The smallest absolute Gasteiger partial charge is 0.00433 e. The SMILES string of the molecule is Cc1ccsc1C.[Y]. The number of hydrogen-bond acceptors (Lipinski definition) is 1. The maximum absolute atomic E-state index is 2.14. The minimum absolute atomic E-state index is 0. The first kappa shape index (κ1) is 8.80. The molecule has 1 radical (unpaired) electrons. The summed E-state index contributed by atoms with van der Waals surface area (Å²) in [7, 11) is 0. The van der Waals surface area contributed by atoms with Crippen molar-refractivity contribution in [2.24, 2.45) is 0 Å². The fraction of sp³-hybridized carbons (Fsp3) is 0.333. The van der Waals surface area contributed by atoms with Crippen molar-refractivity contribution in [3.63, 3.8) is 0 Å². The van der Waals surface area contributed by atoms with Crippen LogP contribution >= 0.6 is 11.3 Å². The first-order valence-corrected chi connectivity index (χ1v) is 3.19. The predicted molar refractivity (Wildman–Crippen MR) is 33.8 cm³/mol. The molecule has 1 aromatic rings. The molecule has 0 spiro atoms. The van der Waals surface area contributed by atoms with E-state index in [9.17, 15) is 0 Å². The van der Waals surface area contributed by atoms with E-state index >= 15 is 0 Å². The Kier molecular flexibility index (Phi) is 4.14. The van der Waals surface area contributed by atoms with Gasteiger partial charge < -0.3 is 0 Å². The van der Waals surface area contributed by atoms with Gasteiger partial charge in [0.05, 0.1) is 0 Å². The van der Waals surface area contributed by atoms with Crippen LogP contribution in [-0.4, -0.2) is 0 Å². The zero-order valence-electron chi connectivity index (χ0n) is 5.14. The number of hydrogen-bond donors (Lipinski definition) is 0. The summed E-state index contributed by atoms with van der Waals surface area (Å²) in [6, 6.07) is 2.14. The minimum atomic E-state index is 0. The van der Waals surface area contributed by atoms with Gasteiger partial charge in [-0.05, 0) is 30.9 Å². The summed E-state index contributed by atoms with van der Waals surface area (Å²) < 4.78 is 0. The van der Waals surface area contributed by atoms with E-state index in [-0.39, 0.29) is 32.7 Å². The van der Waals surface area contributed by atoms with Crippen LogP contribution in [-0.2, 0) is 32.7 Å². The van der Waals surface area contributed by atoms with E-state index in [4.69, 9.17) is 0 Å². The molecule has 41 valence electrons. The summed E-state index contributed by atoms with van der Waals surface area (Å²) in [5.74, 6) is 0. The zero-order chi connectivity index (χ0) is 5.28. The maximum atomic E-state index is 2.14. The van der Waals surface area contributed by atoms with Crippen molar-refractivity contribution >= 4 is 11.3 Å². The molecule has 0 saturated heterocycles. The summed E-state index contributed by atoms with van der Waals surface area (Å²) in [6.45, 7) is 4.27. The van der Waals surface area contributed by atoms with Crippen LogP contribution in [0.4, 0.5) is 0 Å². The van der Waals surface area contributed by atoms with Gasteiger partial charge >= 0.3 is 0 Å². The molecular weight excluding hydrogens is 193 g/mol. The van der Waals surface area contributed by atoms with Gasteiger partial charge in [-0.1, -0.05) is 0 Å². The van der Waals surface area contributed by atoms with E-state index in [1.54, 1.807) is 11.3 Å². The van der Waals surface area contributed by atoms with E-state index in [0.29, 0.717) is 0 Å². The average molecular weight is 201 g/mol.